The number of nitrogens with zero attached hydrogens (tertiary/aromatic N) is 1. The van der Waals surface area contributed by atoms with Crippen LogP contribution in [0.3, 0.4) is 0 Å². The van der Waals surface area contributed by atoms with Crippen molar-refractivity contribution >= 4 is 27.5 Å². The Morgan fingerprint density at radius 1 is 0.912 bits per heavy atom. The van der Waals surface area contributed by atoms with Gasteiger partial charge in [-0.1, -0.05) is 18.2 Å². The number of para-hydroxylation sites is 1. The predicted molar refractivity (Wildman–Crippen MR) is 123 cm³/mol. The van der Waals surface area contributed by atoms with Crippen molar-refractivity contribution in [3.05, 3.63) is 83.4 Å². The Kier molecular flexibility index (Phi) is 5.70. The van der Waals surface area contributed by atoms with Crippen LogP contribution < -0.4 is 13.8 Å². The molecular formula is C25H21NO7S. The first-order valence-corrected chi connectivity index (χ1v) is 12.2. The molecule has 3 aromatic carbocycles. The van der Waals surface area contributed by atoms with Crippen LogP contribution in [0.25, 0.3) is 0 Å². The second kappa shape index (κ2) is 8.83. The molecule has 2 heterocycles. The highest BCUT2D eigenvalue weighted by molar-refractivity contribution is 7.92. The number of benzene rings is 3. The number of sulfonamides is 1. The molecule has 3 aromatic rings. The predicted octanol–water partition coefficient (Wildman–Crippen LogP) is 3.60. The molecule has 0 bridgehead atoms. The van der Waals surface area contributed by atoms with Crippen LogP contribution in [-0.4, -0.2) is 40.1 Å². The van der Waals surface area contributed by atoms with E-state index in [1.54, 1.807) is 18.2 Å². The van der Waals surface area contributed by atoms with Gasteiger partial charge >= 0.3 is 5.97 Å². The average molecular weight is 480 g/mol. The molecule has 0 aromatic heterocycles. The van der Waals surface area contributed by atoms with E-state index in [0.29, 0.717) is 29.3 Å². The van der Waals surface area contributed by atoms with Gasteiger partial charge in [-0.15, -0.1) is 0 Å². The molecule has 34 heavy (non-hydrogen) atoms. The van der Waals surface area contributed by atoms with E-state index in [1.807, 2.05) is 18.2 Å². The molecule has 2 aliphatic heterocycles. The van der Waals surface area contributed by atoms with Gasteiger partial charge in [0.25, 0.3) is 10.0 Å². The molecule has 8 nitrogen and oxygen atoms in total. The lowest BCUT2D eigenvalue weighted by molar-refractivity contribution is 0.0474. The molecule has 174 valence electrons. The molecule has 0 radical (unpaired) electrons. The first-order valence-electron chi connectivity index (χ1n) is 10.7. The Hall–Kier alpha value is -3.85. The third-order valence-electron chi connectivity index (χ3n) is 5.77. The number of rotatable bonds is 6. The summed E-state index contributed by atoms with van der Waals surface area (Å²) in [5.41, 5.74) is 2.15. The van der Waals surface area contributed by atoms with Crippen LogP contribution in [0.5, 0.6) is 11.5 Å². The molecule has 0 spiro atoms. The summed E-state index contributed by atoms with van der Waals surface area (Å²) in [7, 11) is -3.78. The van der Waals surface area contributed by atoms with Gasteiger partial charge in [0.2, 0.25) is 6.79 Å². The van der Waals surface area contributed by atoms with Crippen LogP contribution >= 0.6 is 0 Å². The van der Waals surface area contributed by atoms with Crippen LogP contribution in [0, 0.1) is 0 Å². The first-order chi connectivity index (χ1) is 16.4. The van der Waals surface area contributed by atoms with E-state index in [-0.39, 0.29) is 17.3 Å². The second-order valence-electron chi connectivity index (χ2n) is 7.90. The minimum Gasteiger partial charge on any atom is -0.454 e. The van der Waals surface area contributed by atoms with Crippen molar-refractivity contribution in [1.29, 1.82) is 0 Å². The van der Waals surface area contributed by atoms with Gasteiger partial charge in [0.1, 0.15) is 0 Å². The lowest BCUT2D eigenvalue weighted by Gasteiger charge is -2.30. The van der Waals surface area contributed by atoms with E-state index in [0.717, 1.165) is 18.4 Å². The van der Waals surface area contributed by atoms with Crippen LogP contribution in [0.4, 0.5) is 5.69 Å². The Bertz CT molecular complexity index is 1370. The van der Waals surface area contributed by atoms with Gasteiger partial charge in [0, 0.05) is 12.1 Å². The minimum atomic E-state index is -3.78. The molecule has 0 N–H and O–H groups in total. The second-order valence-corrected chi connectivity index (χ2v) is 9.76. The summed E-state index contributed by atoms with van der Waals surface area (Å²) in [6.07, 6.45) is 1.57. The number of aryl methyl sites for hydroxylation is 1. The summed E-state index contributed by atoms with van der Waals surface area (Å²) in [5, 5.41) is 0. The summed E-state index contributed by atoms with van der Waals surface area (Å²) in [4.78, 5) is 24.9. The van der Waals surface area contributed by atoms with Crippen molar-refractivity contribution in [2.75, 3.05) is 24.2 Å². The maximum Gasteiger partial charge on any atom is 0.338 e. The third-order valence-corrected chi connectivity index (χ3v) is 7.60. The summed E-state index contributed by atoms with van der Waals surface area (Å²) in [6.45, 7) is 0.0339. The highest BCUT2D eigenvalue weighted by atomic mass is 32.2. The highest BCUT2D eigenvalue weighted by Gasteiger charge is 2.29. The quantitative estimate of drug-likeness (QED) is 0.393. The van der Waals surface area contributed by atoms with Gasteiger partial charge in [-0.25, -0.2) is 13.2 Å². The maximum atomic E-state index is 13.2. The summed E-state index contributed by atoms with van der Waals surface area (Å²) >= 11 is 0. The van der Waals surface area contributed by atoms with Crippen LogP contribution in [0.1, 0.15) is 32.7 Å². The van der Waals surface area contributed by atoms with E-state index in [9.17, 15) is 18.0 Å². The Balaban J connectivity index is 1.26. The Morgan fingerprint density at radius 2 is 1.65 bits per heavy atom. The number of carbonyl (C=O) groups is 2. The van der Waals surface area contributed by atoms with Crippen molar-refractivity contribution in [1.82, 2.24) is 0 Å². The van der Waals surface area contributed by atoms with Gasteiger partial charge in [-0.2, -0.15) is 0 Å². The number of fused-ring (bicyclic) bond motifs is 2. The normalized spacial score (nSPS) is 14.4. The third kappa shape index (κ3) is 4.10. The Labute approximate surface area is 196 Å². The zero-order valence-electron chi connectivity index (χ0n) is 18.1. The Morgan fingerprint density at radius 3 is 2.47 bits per heavy atom. The van der Waals surface area contributed by atoms with Crippen molar-refractivity contribution < 1.29 is 32.2 Å². The van der Waals surface area contributed by atoms with Gasteiger partial charge in [0.15, 0.2) is 23.9 Å². The molecule has 2 aliphatic rings. The van der Waals surface area contributed by atoms with Crippen LogP contribution in [-0.2, 0) is 21.2 Å². The largest absolute Gasteiger partial charge is 0.454 e. The molecule has 0 saturated heterocycles. The molecule has 0 saturated carbocycles. The fraction of sp³-hybridized carbons (Fsp3) is 0.200. The number of carbonyl (C=O) groups excluding carboxylic acids is 2. The van der Waals surface area contributed by atoms with Crippen molar-refractivity contribution in [3.63, 3.8) is 0 Å². The van der Waals surface area contributed by atoms with E-state index in [2.05, 4.69) is 0 Å². The van der Waals surface area contributed by atoms with Gasteiger partial charge in [-0.05, 0) is 66.9 Å². The summed E-state index contributed by atoms with van der Waals surface area (Å²) < 4.78 is 43.5. The average Bonchev–Trinajstić information content (AvgIpc) is 3.35. The fourth-order valence-electron chi connectivity index (χ4n) is 4.01. The van der Waals surface area contributed by atoms with Crippen molar-refractivity contribution in [2.45, 2.75) is 17.7 Å². The lowest BCUT2D eigenvalue weighted by Crippen LogP contribution is -2.35. The number of ketones is 1. The summed E-state index contributed by atoms with van der Waals surface area (Å²) in [6, 6.07) is 17.7. The van der Waals surface area contributed by atoms with Gasteiger partial charge < -0.3 is 14.2 Å². The van der Waals surface area contributed by atoms with Gasteiger partial charge in [0.05, 0.1) is 16.1 Å². The minimum absolute atomic E-state index is 0.0807. The molecule has 0 fully saturated rings. The van der Waals surface area contributed by atoms with E-state index in [4.69, 9.17) is 14.2 Å². The van der Waals surface area contributed by atoms with Crippen molar-refractivity contribution in [2.24, 2.45) is 0 Å². The van der Waals surface area contributed by atoms with Crippen molar-refractivity contribution in [3.8, 4) is 11.5 Å². The molecule has 0 aliphatic carbocycles. The molecular weight excluding hydrogens is 458 g/mol. The number of Topliss-reactive ketones (excluding diaryl/α,β-unsaturated/α-hetero) is 1. The fourth-order valence-corrected chi connectivity index (χ4v) is 5.55. The topological polar surface area (TPSA) is 99.2 Å². The number of anilines is 1. The smallest absolute Gasteiger partial charge is 0.338 e. The number of hydrogen-bond acceptors (Lipinski definition) is 7. The molecule has 5 rings (SSSR count). The highest BCUT2D eigenvalue weighted by Crippen LogP contribution is 2.33. The molecule has 0 atom stereocenters. The van der Waals surface area contributed by atoms with Crippen LogP contribution in [0.15, 0.2) is 71.6 Å². The molecule has 9 heteroatoms. The van der Waals surface area contributed by atoms with E-state index >= 15 is 0 Å². The number of esters is 1. The molecule has 0 unspecified atom stereocenters. The monoisotopic (exact) mass is 479 g/mol. The standard InChI is InChI=1S/C25H21NO7S/c27-22(19-9-12-23-24(14-19)33-16-32-23)15-31-25(28)18-7-10-20(11-8-18)34(29,30)26-13-3-5-17-4-1-2-6-21(17)26/h1-2,4,6-12,14H,3,5,13,15-16H2. The zero-order chi connectivity index (χ0) is 23.7. The SMILES string of the molecule is O=C(COC(=O)c1ccc(S(=O)(=O)N2CCCc3ccccc32)cc1)c1ccc2c(c1)OCO2. The van der Waals surface area contributed by atoms with Crippen LogP contribution in [0.2, 0.25) is 0 Å². The van der Waals surface area contributed by atoms with E-state index < -0.39 is 28.4 Å². The number of ether oxygens (including phenoxy) is 3. The maximum absolute atomic E-state index is 13.2. The molecule has 0 amide bonds. The first kappa shape index (κ1) is 22.0. The van der Waals surface area contributed by atoms with Gasteiger partial charge in [-0.3, -0.25) is 9.10 Å². The number of hydrogen-bond donors (Lipinski definition) is 0. The van der Waals surface area contributed by atoms with E-state index in [1.165, 1.54) is 34.6 Å². The zero-order valence-corrected chi connectivity index (χ0v) is 18.9. The summed E-state index contributed by atoms with van der Waals surface area (Å²) in [5.74, 6) is -0.0992. The lowest BCUT2D eigenvalue weighted by atomic mass is 10.0.